The third-order valence-corrected chi connectivity index (χ3v) is 9.06. The number of fused-ring (bicyclic) bond motifs is 5. The smallest absolute Gasteiger partial charge is 0.406 e. The Balaban J connectivity index is 1.59. The molecule has 1 amide bonds. The molecule has 2 fully saturated rings. The molecule has 1 aromatic rings. The lowest BCUT2D eigenvalue weighted by atomic mass is 9.82. The highest BCUT2D eigenvalue weighted by Crippen LogP contribution is 2.39. The molecule has 0 radical (unpaired) electrons. The highest BCUT2D eigenvalue weighted by molar-refractivity contribution is 7.90. The fraction of sp³-hybridized carbons (Fsp3) is 0.696. The van der Waals surface area contributed by atoms with Gasteiger partial charge in [0.15, 0.2) is 11.9 Å². The van der Waals surface area contributed by atoms with E-state index in [9.17, 15) is 26.4 Å². The zero-order valence-electron chi connectivity index (χ0n) is 19.1. The Kier molecular flexibility index (Phi) is 7.44. The normalized spacial score (nSPS) is 29.6. The third kappa shape index (κ3) is 5.52. The van der Waals surface area contributed by atoms with Gasteiger partial charge in [-0.25, -0.2) is 13.1 Å². The van der Waals surface area contributed by atoms with Crippen LogP contribution in [-0.2, 0) is 19.6 Å². The van der Waals surface area contributed by atoms with Gasteiger partial charge >= 0.3 is 6.18 Å². The Morgan fingerprint density at radius 1 is 1.12 bits per heavy atom. The predicted octanol–water partition coefficient (Wildman–Crippen LogP) is 3.35. The average molecular weight is 505 g/mol. The van der Waals surface area contributed by atoms with Crippen molar-refractivity contribution in [1.82, 2.24) is 9.62 Å². The van der Waals surface area contributed by atoms with Gasteiger partial charge in [-0.2, -0.15) is 13.2 Å². The van der Waals surface area contributed by atoms with Gasteiger partial charge in [-0.1, -0.05) is 18.2 Å². The molecule has 1 saturated heterocycles. The quantitative estimate of drug-likeness (QED) is 0.683. The summed E-state index contributed by atoms with van der Waals surface area (Å²) in [5.41, 5.74) is 1.06. The van der Waals surface area contributed by atoms with E-state index < -0.39 is 33.5 Å². The number of ether oxygens (including phenoxy) is 2. The molecule has 4 aliphatic rings. The Hall–Kier alpha value is -1.85. The van der Waals surface area contributed by atoms with Crippen LogP contribution in [0.4, 0.5) is 13.2 Å². The zero-order chi connectivity index (χ0) is 24.5. The number of hydrogen-bond acceptors (Lipinski definition) is 5. The van der Waals surface area contributed by atoms with Crippen LogP contribution in [-0.4, -0.2) is 68.6 Å². The molecule has 2 bridgehead atoms. The van der Waals surface area contributed by atoms with Crippen molar-refractivity contribution in [3.63, 3.8) is 0 Å². The molecular formula is C23H31F3N2O5S. The average Bonchev–Trinajstić information content (AvgIpc) is 2.82. The standard InChI is InChI=1S/C23H31F3N2O5S/c1-15(23(24,25)26)34(30,31)27-19-6-4-12-28-20(19)13-32-17-10-8-16(9-11-17)18-5-2-3-7-21(18)33-14-22(28)29/h2-3,5,7,15-17,19-20,27H,4,6,8-14H2,1H3/t15-,16?,17?,19+,20?/m1/s1. The lowest BCUT2D eigenvalue weighted by Crippen LogP contribution is -2.61. The van der Waals surface area contributed by atoms with E-state index in [2.05, 4.69) is 4.72 Å². The van der Waals surface area contributed by atoms with Gasteiger partial charge in [0, 0.05) is 12.6 Å². The largest absolute Gasteiger partial charge is 0.483 e. The van der Waals surface area contributed by atoms with Crippen LogP contribution in [0.1, 0.15) is 56.9 Å². The molecule has 11 heteroatoms. The topological polar surface area (TPSA) is 84.9 Å². The zero-order valence-corrected chi connectivity index (χ0v) is 19.9. The van der Waals surface area contributed by atoms with Crippen molar-refractivity contribution in [3.05, 3.63) is 29.8 Å². The summed E-state index contributed by atoms with van der Waals surface area (Å²) in [4.78, 5) is 14.6. The van der Waals surface area contributed by atoms with Crippen LogP contribution in [0.15, 0.2) is 24.3 Å². The predicted molar refractivity (Wildman–Crippen MR) is 119 cm³/mol. The minimum absolute atomic E-state index is 0.0460. The van der Waals surface area contributed by atoms with Crippen molar-refractivity contribution >= 4 is 15.9 Å². The maximum atomic E-state index is 13.1. The monoisotopic (exact) mass is 504 g/mol. The van der Waals surface area contributed by atoms with Crippen molar-refractivity contribution in [3.8, 4) is 5.75 Å². The number of alkyl halides is 3. The van der Waals surface area contributed by atoms with Crippen LogP contribution in [0.25, 0.3) is 0 Å². The van der Waals surface area contributed by atoms with E-state index in [-0.39, 0.29) is 25.2 Å². The molecule has 0 spiro atoms. The summed E-state index contributed by atoms with van der Waals surface area (Å²) in [6, 6.07) is 6.07. The first-order valence-corrected chi connectivity index (χ1v) is 13.3. The maximum absolute atomic E-state index is 13.1. The molecule has 1 aromatic carbocycles. The molecule has 7 nitrogen and oxygen atoms in total. The maximum Gasteiger partial charge on any atom is 0.406 e. The number of nitrogens with zero attached hydrogens (tertiary/aromatic N) is 1. The van der Waals surface area contributed by atoms with Gasteiger partial charge in [0.2, 0.25) is 10.0 Å². The number of halogens is 3. The summed E-state index contributed by atoms with van der Waals surface area (Å²) >= 11 is 0. The van der Waals surface area contributed by atoms with Crippen LogP contribution < -0.4 is 9.46 Å². The van der Waals surface area contributed by atoms with Crippen LogP contribution in [0.5, 0.6) is 5.75 Å². The summed E-state index contributed by atoms with van der Waals surface area (Å²) in [5, 5.41) is -2.56. The van der Waals surface area contributed by atoms with E-state index >= 15 is 0 Å². The van der Waals surface area contributed by atoms with E-state index in [4.69, 9.17) is 9.47 Å². The van der Waals surface area contributed by atoms with Crippen LogP contribution >= 0.6 is 0 Å². The minimum atomic E-state index is -4.89. The highest BCUT2D eigenvalue weighted by Gasteiger charge is 2.47. The number of carbonyl (C=O) groups is 1. The number of sulfonamides is 1. The molecule has 3 heterocycles. The molecule has 190 valence electrons. The molecule has 34 heavy (non-hydrogen) atoms. The van der Waals surface area contributed by atoms with E-state index in [0.717, 1.165) is 31.2 Å². The Morgan fingerprint density at radius 2 is 1.82 bits per heavy atom. The second kappa shape index (κ2) is 10.0. The number of amides is 1. The van der Waals surface area contributed by atoms with E-state index in [1.54, 1.807) is 0 Å². The van der Waals surface area contributed by atoms with Gasteiger partial charge in [-0.05, 0) is 63.0 Å². The summed E-state index contributed by atoms with van der Waals surface area (Å²) in [6.45, 7) is 0.806. The molecule has 1 saturated carbocycles. The first-order chi connectivity index (χ1) is 16.1. The van der Waals surface area contributed by atoms with Crippen molar-refractivity contribution in [1.29, 1.82) is 0 Å². The molecule has 3 aliphatic heterocycles. The summed E-state index contributed by atoms with van der Waals surface area (Å²) in [7, 11) is -4.69. The lowest BCUT2D eigenvalue weighted by molar-refractivity contribution is -0.140. The van der Waals surface area contributed by atoms with Crippen LogP contribution in [0.3, 0.4) is 0 Å². The Morgan fingerprint density at radius 3 is 2.53 bits per heavy atom. The fourth-order valence-electron chi connectivity index (χ4n) is 5.15. The molecule has 1 unspecified atom stereocenters. The van der Waals surface area contributed by atoms with Crippen molar-refractivity contribution < 1.29 is 35.9 Å². The van der Waals surface area contributed by atoms with Crippen LogP contribution in [0, 0.1) is 0 Å². The molecular weight excluding hydrogens is 473 g/mol. The van der Waals surface area contributed by atoms with Gasteiger partial charge in [-0.3, -0.25) is 4.79 Å². The van der Waals surface area contributed by atoms with Gasteiger partial charge in [0.05, 0.1) is 18.8 Å². The first-order valence-electron chi connectivity index (χ1n) is 11.8. The number of carbonyl (C=O) groups excluding carboxylic acids is 1. The second-order valence-electron chi connectivity index (χ2n) is 9.38. The third-order valence-electron chi connectivity index (χ3n) is 7.23. The fourth-order valence-corrected chi connectivity index (χ4v) is 6.40. The Bertz CT molecular complexity index is 979. The molecule has 3 atom stereocenters. The highest BCUT2D eigenvalue weighted by atomic mass is 32.2. The van der Waals surface area contributed by atoms with Gasteiger partial charge in [0.1, 0.15) is 5.75 Å². The molecule has 5 rings (SSSR count). The summed E-state index contributed by atoms with van der Waals surface area (Å²) in [6.07, 6.45) is -0.760. The van der Waals surface area contributed by atoms with Gasteiger partial charge in [0.25, 0.3) is 5.91 Å². The van der Waals surface area contributed by atoms with E-state index in [1.807, 2.05) is 24.3 Å². The molecule has 1 N–H and O–H groups in total. The lowest BCUT2D eigenvalue weighted by Gasteiger charge is -2.42. The number of piperidine rings is 1. The number of hydrogen-bond donors (Lipinski definition) is 1. The molecule has 1 aliphatic carbocycles. The first kappa shape index (κ1) is 25.2. The van der Waals surface area contributed by atoms with Crippen LogP contribution in [0.2, 0.25) is 0 Å². The SMILES string of the molecule is C[C@H](C(F)(F)F)S(=O)(=O)N[C@H]1CCCN2C(=O)COc3ccccc3C3CCC(CC3)OCC12. The van der Waals surface area contributed by atoms with Crippen molar-refractivity contribution in [2.75, 3.05) is 19.8 Å². The summed E-state index contributed by atoms with van der Waals surface area (Å²) in [5.74, 6) is 0.616. The molecule has 0 aromatic heterocycles. The van der Waals surface area contributed by atoms with Gasteiger partial charge in [-0.15, -0.1) is 0 Å². The number of rotatable bonds is 3. The number of nitrogens with one attached hydrogen (secondary N) is 1. The minimum Gasteiger partial charge on any atom is -0.483 e. The number of para-hydroxylation sites is 1. The summed E-state index contributed by atoms with van der Waals surface area (Å²) < 4.78 is 78.7. The van der Waals surface area contributed by atoms with Crippen molar-refractivity contribution in [2.24, 2.45) is 0 Å². The van der Waals surface area contributed by atoms with E-state index in [1.165, 1.54) is 4.90 Å². The van der Waals surface area contributed by atoms with E-state index in [0.29, 0.717) is 38.0 Å². The number of benzene rings is 1. The van der Waals surface area contributed by atoms with Gasteiger partial charge < -0.3 is 14.4 Å². The van der Waals surface area contributed by atoms with Crippen molar-refractivity contribution in [2.45, 2.75) is 81.0 Å². The second-order valence-corrected chi connectivity index (χ2v) is 11.4. The Labute approximate surface area is 198 Å².